The molecule has 1 aromatic rings. The zero-order valence-electron chi connectivity index (χ0n) is 11.1. The molecule has 20 heavy (non-hydrogen) atoms. The Morgan fingerprint density at radius 3 is 2.65 bits per heavy atom. The maximum atomic E-state index is 12.3. The average Bonchev–Trinajstić information content (AvgIpc) is 2.41. The van der Waals surface area contributed by atoms with E-state index in [9.17, 15) is 18.5 Å². The summed E-state index contributed by atoms with van der Waals surface area (Å²) in [4.78, 5) is 9.93. The van der Waals surface area contributed by atoms with Crippen molar-refractivity contribution in [3.63, 3.8) is 0 Å². The summed E-state index contributed by atoms with van der Waals surface area (Å²) in [5.74, 6) is 0. The van der Waals surface area contributed by atoms with E-state index >= 15 is 0 Å². The van der Waals surface area contributed by atoms with Crippen molar-refractivity contribution in [2.75, 3.05) is 6.54 Å². The molecule has 2 unspecified atom stereocenters. The van der Waals surface area contributed by atoms with Crippen LogP contribution in [-0.2, 0) is 10.0 Å². The largest absolute Gasteiger partial charge is 0.313 e. The molecular weight excluding hydrogens is 282 g/mol. The summed E-state index contributed by atoms with van der Waals surface area (Å²) >= 11 is 0. The predicted octanol–water partition coefficient (Wildman–Crippen LogP) is 1.01. The number of benzene rings is 1. The van der Waals surface area contributed by atoms with Crippen LogP contribution in [0.5, 0.6) is 0 Å². The van der Waals surface area contributed by atoms with Crippen LogP contribution >= 0.6 is 0 Å². The average molecular weight is 299 g/mol. The Morgan fingerprint density at radius 2 is 2.05 bits per heavy atom. The third-order valence-corrected chi connectivity index (χ3v) is 4.90. The Morgan fingerprint density at radius 1 is 1.35 bits per heavy atom. The summed E-state index contributed by atoms with van der Waals surface area (Å²) in [6.45, 7) is 2.56. The zero-order chi connectivity index (χ0) is 14.8. The molecule has 7 nitrogen and oxygen atoms in total. The number of piperidine rings is 1. The van der Waals surface area contributed by atoms with Crippen molar-refractivity contribution in [1.29, 1.82) is 0 Å². The molecule has 0 radical (unpaired) electrons. The van der Waals surface area contributed by atoms with E-state index < -0.39 is 20.6 Å². The minimum atomic E-state index is -3.88. The third-order valence-electron chi connectivity index (χ3n) is 3.33. The normalized spacial score (nSPS) is 23.4. The highest BCUT2D eigenvalue weighted by Gasteiger charge is 2.28. The number of hydrogen-bond donors (Lipinski definition) is 2. The van der Waals surface area contributed by atoms with E-state index in [4.69, 9.17) is 0 Å². The molecule has 1 heterocycles. The second-order valence-electron chi connectivity index (χ2n) is 4.93. The van der Waals surface area contributed by atoms with Crippen molar-refractivity contribution in [1.82, 2.24) is 10.0 Å². The number of nitrogens with zero attached hydrogens (tertiary/aromatic N) is 1. The molecule has 0 amide bonds. The van der Waals surface area contributed by atoms with E-state index in [1.54, 1.807) is 0 Å². The van der Waals surface area contributed by atoms with Crippen molar-refractivity contribution in [2.24, 2.45) is 0 Å². The van der Waals surface area contributed by atoms with Crippen molar-refractivity contribution in [3.05, 3.63) is 34.4 Å². The van der Waals surface area contributed by atoms with Crippen molar-refractivity contribution < 1.29 is 13.3 Å². The first-order valence-corrected chi connectivity index (χ1v) is 7.87. The van der Waals surface area contributed by atoms with Gasteiger partial charge in [0.1, 0.15) is 0 Å². The summed E-state index contributed by atoms with van der Waals surface area (Å²) in [7, 11) is -3.88. The van der Waals surface area contributed by atoms with Crippen LogP contribution in [0.3, 0.4) is 0 Å². The Bertz CT molecular complexity index is 594. The van der Waals surface area contributed by atoms with Crippen LogP contribution in [0.15, 0.2) is 29.2 Å². The Labute approximate surface area is 117 Å². The molecule has 2 rings (SSSR count). The molecule has 0 spiro atoms. The Hall–Kier alpha value is -1.51. The lowest BCUT2D eigenvalue weighted by molar-refractivity contribution is -0.387. The fourth-order valence-corrected chi connectivity index (χ4v) is 3.66. The van der Waals surface area contributed by atoms with E-state index in [0.717, 1.165) is 6.42 Å². The molecule has 110 valence electrons. The van der Waals surface area contributed by atoms with Crippen LogP contribution < -0.4 is 10.0 Å². The van der Waals surface area contributed by atoms with Gasteiger partial charge in [-0.05, 0) is 25.8 Å². The minimum Gasteiger partial charge on any atom is -0.313 e. The van der Waals surface area contributed by atoms with Crippen LogP contribution in [0.2, 0.25) is 0 Å². The third kappa shape index (κ3) is 3.33. The summed E-state index contributed by atoms with van der Waals surface area (Å²) in [6, 6.07) is 5.48. The van der Waals surface area contributed by atoms with Gasteiger partial charge in [-0.25, -0.2) is 13.1 Å². The number of nitrogens with one attached hydrogen (secondary N) is 2. The number of hydrogen-bond acceptors (Lipinski definition) is 5. The van der Waals surface area contributed by atoms with Crippen LogP contribution in [-0.4, -0.2) is 32.0 Å². The molecule has 0 saturated carbocycles. The fraction of sp³-hybridized carbons (Fsp3) is 0.500. The van der Waals surface area contributed by atoms with E-state index in [2.05, 4.69) is 10.0 Å². The van der Waals surface area contributed by atoms with E-state index in [-0.39, 0.29) is 10.9 Å². The summed E-state index contributed by atoms with van der Waals surface area (Å²) in [5, 5.41) is 14.1. The van der Waals surface area contributed by atoms with Crippen LogP contribution in [0.25, 0.3) is 0 Å². The molecular formula is C12H17N3O4S. The zero-order valence-corrected chi connectivity index (χ0v) is 11.9. The second-order valence-corrected chi connectivity index (χ2v) is 6.61. The highest BCUT2D eigenvalue weighted by Crippen LogP contribution is 2.23. The molecule has 8 heteroatoms. The van der Waals surface area contributed by atoms with Crippen LogP contribution in [0.1, 0.15) is 19.8 Å². The first kappa shape index (κ1) is 14.9. The standard InChI is InChI=1S/C12H17N3O4S/c1-9-6-7-10(8-13-9)14-20(18,19)12-5-3-2-4-11(12)15(16)17/h2-5,9-10,13-14H,6-8H2,1H3. The quantitative estimate of drug-likeness (QED) is 0.638. The van der Waals surface area contributed by atoms with Gasteiger partial charge in [0.2, 0.25) is 10.0 Å². The van der Waals surface area contributed by atoms with Crippen molar-refractivity contribution >= 4 is 15.7 Å². The van der Waals surface area contributed by atoms with Gasteiger partial charge in [-0.2, -0.15) is 0 Å². The van der Waals surface area contributed by atoms with Gasteiger partial charge in [-0.15, -0.1) is 0 Å². The summed E-state index contributed by atoms with van der Waals surface area (Å²) < 4.78 is 27.1. The second kappa shape index (κ2) is 5.86. The maximum Gasteiger partial charge on any atom is 0.289 e. The highest BCUT2D eigenvalue weighted by molar-refractivity contribution is 7.89. The van der Waals surface area contributed by atoms with Crippen molar-refractivity contribution in [3.8, 4) is 0 Å². The lowest BCUT2D eigenvalue weighted by atomic mass is 10.0. The SMILES string of the molecule is CC1CCC(NS(=O)(=O)c2ccccc2[N+](=O)[O-])CN1. The molecule has 1 aliphatic heterocycles. The molecule has 1 aromatic carbocycles. The van der Waals surface area contributed by atoms with E-state index in [0.29, 0.717) is 19.0 Å². The maximum absolute atomic E-state index is 12.3. The lowest BCUT2D eigenvalue weighted by Crippen LogP contribution is -2.48. The van der Waals surface area contributed by atoms with Crippen LogP contribution in [0.4, 0.5) is 5.69 Å². The number of sulfonamides is 1. The minimum absolute atomic E-state index is 0.240. The molecule has 2 atom stereocenters. The Kier molecular flexibility index (Phi) is 4.36. The summed E-state index contributed by atoms with van der Waals surface area (Å²) in [5.41, 5.74) is -0.405. The predicted molar refractivity (Wildman–Crippen MR) is 73.9 cm³/mol. The van der Waals surface area contributed by atoms with Gasteiger partial charge >= 0.3 is 0 Å². The topological polar surface area (TPSA) is 101 Å². The molecule has 1 saturated heterocycles. The molecule has 0 bridgehead atoms. The number of para-hydroxylation sites is 1. The molecule has 0 aromatic heterocycles. The molecule has 1 aliphatic rings. The van der Waals surface area contributed by atoms with E-state index in [1.807, 2.05) is 6.92 Å². The Balaban J connectivity index is 2.21. The van der Waals surface area contributed by atoms with Gasteiger partial charge < -0.3 is 5.32 Å². The van der Waals surface area contributed by atoms with Gasteiger partial charge in [-0.3, -0.25) is 10.1 Å². The molecule has 0 aliphatic carbocycles. The van der Waals surface area contributed by atoms with Gasteiger partial charge in [0.25, 0.3) is 5.69 Å². The van der Waals surface area contributed by atoms with E-state index in [1.165, 1.54) is 24.3 Å². The van der Waals surface area contributed by atoms with Gasteiger partial charge in [0.15, 0.2) is 4.90 Å². The monoisotopic (exact) mass is 299 g/mol. The van der Waals surface area contributed by atoms with Crippen LogP contribution in [0, 0.1) is 10.1 Å². The van der Waals surface area contributed by atoms with Gasteiger partial charge in [0.05, 0.1) is 4.92 Å². The molecule has 2 N–H and O–H groups in total. The number of rotatable bonds is 4. The first-order chi connectivity index (χ1) is 9.40. The number of nitro groups is 1. The van der Waals surface area contributed by atoms with Crippen molar-refractivity contribution in [2.45, 2.75) is 36.7 Å². The lowest BCUT2D eigenvalue weighted by Gasteiger charge is -2.28. The summed E-state index contributed by atoms with van der Waals surface area (Å²) in [6.07, 6.45) is 1.58. The van der Waals surface area contributed by atoms with Gasteiger partial charge in [0, 0.05) is 24.7 Å². The van der Waals surface area contributed by atoms with Gasteiger partial charge in [-0.1, -0.05) is 12.1 Å². The fourth-order valence-electron chi connectivity index (χ4n) is 2.22. The number of nitro benzene ring substituents is 1. The highest BCUT2D eigenvalue weighted by atomic mass is 32.2. The smallest absolute Gasteiger partial charge is 0.289 e. The molecule has 1 fully saturated rings. The first-order valence-electron chi connectivity index (χ1n) is 6.39.